The van der Waals surface area contributed by atoms with Crippen LogP contribution in [0.2, 0.25) is 0 Å². The number of benzene rings is 8. The summed E-state index contributed by atoms with van der Waals surface area (Å²) in [4.78, 5) is 7.89. The van der Waals surface area contributed by atoms with Gasteiger partial charge in [0.2, 0.25) is 0 Å². The van der Waals surface area contributed by atoms with E-state index in [0.717, 1.165) is 49.3 Å². The first kappa shape index (κ1) is 44.4. The molecule has 8 aromatic carbocycles. The van der Waals surface area contributed by atoms with E-state index in [9.17, 15) is 0 Å². The minimum absolute atomic E-state index is 0.00495. The number of fused-ring (bicyclic) bond motifs is 6. The van der Waals surface area contributed by atoms with Crippen LogP contribution in [0.1, 0.15) is 98.5 Å². The summed E-state index contributed by atoms with van der Waals surface area (Å²) in [6, 6.07) is 61.3. The first-order valence-electron chi connectivity index (χ1n) is 25.7. The summed E-state index contributed by atoms with van der Waals surface area (Å²) in [5.74, 6) is 0. The van der Waals surface area contributed by atoms with Crippen molar-refractivity contribution >= 4 is 68.6 Å². The molecular formula is C66H66BN3. The van der Waals surface area contributed by atoms with Gasteiger partial charge in [-0.05, 0) is 184 Å². The number of nitrogens with zero attached hydrogens (tertiary/aromatic N) is 3. The minimum Gasteiger partial charge on any atom is -0.338 e. The molecule has 3 nitrogen and oxygen atoms in total. The Balaban J connectivity index is 1.19. The highest BCUT2D eigenvalue weighted by molar-refractivity contribution is 7.00. The average Bonchev–Trinajstić information content (AvgIpc) is 3.81. The zero-order valence-electron chi connectivity index (χ0n) is 43.0. The van der Waals surface area contributed by atoms with Gasteiger partial charge in [0.15, 0.2) is 0 Å². The fraction of sp³-hybridized carbons (Fsp3) is 0.273. The number of rotatable bonds is 7. The predicted octanol–water partition coefficient (Wildman–Crippen LogP) is 15.2. The van der Waals surface area contributed by atoms with E-state index in [0.29, 0.717) is 0 Å². The Hall–Kier alpha value is -6.78. The largest absolute Gasteiger partial charge is 0.338 e. The molecule has 4 aliphatic rings. The Morgan fingerprint density at radius 2 is 1.03 bits per heavy atom. The molecule has 348 valence electrons. The van der Waals surface area contributed by atoms with Gasteiger partial charge in [0.05, 0.1) is 5.69 Å². The fourth-order valence-electron chi connectivity index (χ4n) is 12.6. The van der Waals surface area contributed by atoms with E-state index in [1.807, 2.05) is 0 Å². The van der Waals surface area contributed by atoms with Gasteiger partial charge in [-0.2, -0.15) is 0 Å². The predicted molar refractivity (Wildman–Crippen MR) is 300 cm³/mol. The Bertz CT molecular complexity index is 3330. The van der Waals surface area contributed by atoms with E-state index in [1.165, 1.54) is 106 Å². The Kier molecular flexibility index (Phi) is 10.2. The zero-order chi connectivity index (χ0) is 48.4. The number of aryl methyl sites for hydroxylation is 3. The van der Waals surface area contributed by atoms with Crippen LogP contribution in [-0.4, -0.2) is 6.71 Å². The highest BCUT2D eigenvalue weighted by atomic mass is 15.2. The Morgan fingerprint density at radius 3 is 1.61 bits per heavy atom. The lowest BCUT2D eigenvalue weighted by Gasteiger charge is -2.46. The van der Waals surface area contributed by atoms with Crippen LogP contribution in [0.3, 0.4) is 0 Å². The highest BCUT2D eigenvalue weighted by Crippen LogP contribution is 2.50. The van der Waals surface area contributed by atoms with Gasteiger partial charge in [-0.1, -0.05) is 163 Å². The average molecular weight is 912 g/mol. The van der Waals surface area contributed by atoms with Gasteiger partial charge in [-0.15, -0.1) is 0 Å². The smallest absolute Gasteiger partial charge is 0.252 e. The van der Waals surface area contributed by atoms with Crippen LogP contribution in [0.4, 0.5) is 45.5 Å². The fourth-order valence-corrected chi connectivity index (χ4v) is 12.6. The maximum absolute atomic E-state index is 2.73. The molecule has 2 aliphatic heterocycles. The molecule has 8 aromatic rings. The van der Waals surface area contributed by atoms with Crippen LogP contribution in [-0.2, 0) is 37.6 Å². The van der Waals surface area contributed by atoms with Crippen LogP contribution in [0.5, 0.6) is 0 Å². The van der Waals surface area contributed by atoms with Crippen molar-refractivity contribution in [1.29, 1.82) is 0 Å². The lowest BCUT2D eigenvalue weighted by molar-refractivity contribution is 0.392. The van der Waals surface area contributed by atoms with Gasteiger partial charge >= 0.3 is 0 Å². The van der Waals surface area contributed by atoms with Crippen molar-refractivity contribution in [1.82, 2.24) is 0 Å². The lowest BCUT2D eigenvalue weighted by Crippen LogP contribution is -2.62. The van der Waals surface area contributed by atoms with Gasteiger partial charge in [-0.3, -0.25) is 0 Å². The molecule has 0 fully saturated rings. The molecule has 0 saturated heterocycles. The Labute approximate surface area is 417 Å². The SMILES string of the molecule is Cc1ccc(N(c2ccc(C)cc2)c2cc3c4c(c2)N(c2ccccc2C)c2cc5c(cc2B4c2cc4c(cc2N3Cc2ccc(C(C)(C)C)cc2-c2ccccc2)CC(C)(C)C4)CC(C)(C)C5)cc1. The van der Waals surface area contributed by atoms with Crippen molar-refractivity contribution in [2.75, 3.05) is 14.7 Å². The van der Waals surface area contributed by atoms with Crippen LogP contribution in [0.15, 0.2) is 158 Å². The van der Waals surface area contributed by atoms with Gasteiger partial charge in [0.25, 0.3) is 6.71 Å². The molecule has 0 aromatic heterocycles. The molecule has 70 heavy (non-hydrogen) atoms. The van der Waals surface area contributed by atoms with Crippen molar-refractivity contribution in [2.24, 2.45) is 10.8 Å². The summed E-state index contributed by atoms with van der Waals surface area (Å²) in [5.41, 5.74) is 29.5. The lowest BCUT2D eigenvalue weighted by atomic mass is 9.33. The van der Waals surface area contributed by atoms with Crippen molar-refractivity contribution in [2.45, 2.75) is 107 Å². The van der Waals surface area contributed by atoms with Gasteiger partial charge < -0.3 is 14.7 Å². The summed E-state index contributed by atoms with van der Waals surface area (Å²) in [7, 11) is 0. The van der Waals surface area contributed by atoms with Crippen LogP contribution in [0, 0.1) is 31.6 Å². The summed E-state index contributed by atoms with van der Waals surface area (Å²) in [5, 5.41) is 0. The molecule has 0 N–H and O–H groups in total. The van der Waals surface area contributed by atoms with E-state index in [2.05, 4.69) is 242 Å². The second-order valence-electron chi connectivity index (χ2n) is 23.9. The molecule has 0 atom stereocenters. The molecule has 0 radical (unpaired) electrons. The van der Waals surface area contributed by atoms with E-state index >= 15 is 0 Å². The van der Waals surface area contributed by atoms with Crippen LogP contribution >= 0.6 is 0 Å². The normalized spacial score (nSPS) is 15.8. The van der Waals surface area contributed by atoms with E-state index in [4.69, 9.17) is 0 Å². The topological polar surface area (TPSA) is 9.72 Å². The number of para-hydroxylation sites is 1. The zero-order valence-corrected chi connectivity index (χ0v) is 43.0. The summed E-state index contributed by atoms with van der Waals surface area (Å²) >= 11 is 0. The van der Waals surface area contributed by atoms with E-state index in [1.54, 1.807) is 0 Å². The minimum atomic E-state index is 0.00495. The summed E-state index contributed by atoms with van der Waals surface area (Å²) < 4.78 is 0. The molecule has 0 saturated carbocycles. The van der Waals surface area contributed by atoms with Crippen molar-refractivity contribution < 1.29 is 0 Å². The number of hydrogen-bond acceptors (Lipinski definition) is 3. The molecule has 0 spiro atoms. The Morgan fingerprint density at radius 1 is 0.500 bits per heavy atom. The second kappa shape index (κ2) is 16.1. The number of hydrogen-bond donors (Lipinski definition) is 0. The van der Waals surface area contributed by atoms with Gasteiger partial charge in [0, 0.05) is 46.4 Å². The highest BCUT2D eigenvalue weighted by Gasteiger charge is 2.46. The first-order chi connectivity index (χ1) is 33.5. The molecule has 0 bridgehead atoms. The summed E-state index contributed by atoms with van der Waals surface area (Å²) in [6.45, 7) is 24.2. The van der Waals surface area contributed by atoms with Crippen molar-refractivity contribution in [3.63, 3.8) is 0 Å². The van der Waals surface area contributed by atoms with E-state index in [-0.39, 0.29) is 23.0 Å². The monoisotopic (exact) mass is 912 g/mol. The molecule has 2 heterocycles. The van der Waals surface area contributed by atoms with E-state index < -0.39 is 0 Å². The first-order valence-corrected chi connectivity index (χ1v) is 25.7. The third-order valence-corrected chi connectivity index (χ3v) is 16.1. The quantitative estimate of drug-likeness (QED) is 0.148. The second-order valence-corrected chi connectivity index (χ2v) is 23.9. The molecule has 12 rings (SSSR count). The van der Waals surface area contributed by atoms with Crippen LogP contribution in [0.25, 0.3) is 11.1 Å². The van der Waals surface area contributed by atoms with Gasteiger partial charge in [-0.25, -0.2) is 0 Å². The molecule has 4 heteroatoms. The van der Waals surface area contributed by atoms with Crippen molar-refractivity contribution in [3.05, 3.63) is 208 Å². The maximum atomic E-state index is 2.73. The van der Waals surface area contributed by atoms with Crippen molar-refractivity contribution in [3.8, 4) is 11.1 Å². The number of anilines is 8. The van der Waals surface area contributed by atoms with Crippen LogP contribution < -0.4 is 31.1 Å². The van der Waals surface area contributed by atoms with Gasteiger partial charge in [0.1, 0.15) is 0 Å². The summed E-state index contributed by atoms with van der Waals surface area (Å²) in [6.07, 6.45) is 4.35. The third kappa shape index (κ3) is 7.57. The molecule has 0 amide bonds. The third-order valence-electron chi connectivity index (χ3n) is 16.1. The maximum Gasteiger partial charge on any atom is 0.252 e. The molecule has 2 aliphatic carbocycles. The standard InChI is InChI=1S/C66H66BN3/c1-42-20-26-52(27-21-42)69(53-28-22-43(2)23-29-53)54-35-61-63-62(36-54)70(58-19-15-14-16-44(58)3)60-33-50-40-66(9,10)38-48(50)31-57(60)67(63)56-30-47-37-65(7,8)39-49(47)32-59(56)68(61)41-46-24-25-51(64(4,5)6)34-55(46)45-17-12-11-13-18-45/h11-36H,37-41H2,1-10H3. The molecular weight excluding hydrogens is 846 g/mol. The molecule has 0 unspecified atom stereocenters.